The Morgan fingerprint density at radius 3 is 2.39 bits per heavy atom. The number of rotatable bonds is 6. The van der Waals surface area contributed by atoms with Crippen molar-refractivity contribution in [1.82, 2.24) is 0 Å². The van der Waals surface area contributed by atoms with Gasteiger partial charge in [-0.25, -0.2) is 4.39 Å². The van der Waals surface area contributed by atoms with Crippen molar-refractivity contribution < 1.29 is 13.9 Å². The van der Waals surface area contributed by atoms with E-state index in [-0.39, 0.29) is 18.0 Å². The van der Waals surface area contributed by atoms with Crippen LogP contribution in [0.5, 0.6) is 5.75 Å². The van der Waals surface area contributed by atoms with Gasteiger partial charge < -0.3 is 10.1 Å². The summed E-state index contributed by atoms with van der Waals surface area (Å²) in [7, 11) is 0. The van der Waals surface area contributed by atoms with Gasteiger partial charge in [0.15, 0.2) is 0 Å². The Labute approximate surface area is 200 Å². The van der Waals surface area contributed by atoms with Crippen molar-refractivity contribution in [1.29, 1.82) is 5.26 Å². The van der Waals surface area contributed by atoms with Crippen LogP contribution in [0.3, 0.4) is 0 Å². The molecular weight excluding hydrogens is 551 g/mol. The van der Waals surface area contributed by atoms with Gasteiger partial charge in [0.05, 0.1) is 8.95 Å². The number of hydrogen-bond donors (Lipinski definition) is 1. The Balaban J connectivity index is 1.77. The molecule has 3 rings (SSSR count). The van der Waals surface area contributed by atoms with Crippen molar-refractivity contribution >= 4 is 61.1 Å². The maximum Gasteiger partial charge on any atom is 0.266 e. The third-order valence-electron chi connectivity index (χ3n) is 4.13. The molecule has 156 valence electrons. The maximum atomic E-state index is 13.8. The molecule has 0 fully saturated rings. The fraction of sp³-hybridized carbons (Fsp3) is 0.0435. The number of anilines is 1. The minimum atomic E-state index is -0.544. The van der Waals surface area contributed by atoms with E-state index in [0.29, 0.717) is 36.5 Å². The molecule has 1 N–H and O–H groups in total. The van der Waals surface area contributed by atoms with Crippen LogP contribution >= 0.6 is 43.5 Å². The van der Waals surface area contributed by atoms with E-state index < -0.39 is 5.91 Å². The highest BCUT2D eigenvalue weighted by atomic mass is 79.9. The van der Waals surface area contributed by atoms with E-state index in [1.807, 2.05) is 6.07 Å². The summed E-state index contributed by atoms with van der Waals surface area (Å²) < 4.78 is 20.7. The zero-order valence-electron chi connectivity index (χ0n) is 15.8. The van der Waals surface area contributed by atoms with Crippen molar-refractivity contribution in [3.8, 4) is 11.8 Å². The molecule has 1 amide bonds. The van der Waals surface area contributed by atoms with Gasteiger partial charge in [-0.15, -0.1) is 0 Å². The zero-order chi connectivity index (χ0) is 22.4. The van der Waals surface area contributed by atoms with Gasteiger partial charge >= 0.3 is 0 Å². The van der Waals surface area contributed by atoms with E-state index in [2.05, 4.69) is 37.2 Å². The third-order valence-corrected chi connectivity index (χ3v) is 5.56. The van der Waals surface area contributed by atoms with Gasteiger partial charge in [0.25, 0.3) is 5.91 Å². The largest absolute Gasteiger partial charge is 0.486 e. The van der Waals surface area contributed by atoms with Crippen molar-refractivity contribution in [2.45, 2.75) is 6.61 Å². The second-order valence-electron chi connectivity index (χ2n) is 6.32. The minimum absolute atomic E-state index is 0.0476. The van der Waals surface area contributed by atoms with Crippen LogP contribution in [0, 0.1) is 17.1 Å². The zero-order valence-corrected chi connectivity index (χ0v) is 19.8. The molecule has 8 heteroatoms. The fourth-order valence-electron chi connectivity index (χ4n) is 2.61. The second kappa shape index (κ2) is 10.6. The average molecular weight is 565 g/mol. The summed E-state index contributed by atoms with van der Waals surface area (Å²) in [5, 5.41) is 12.6. The summed E-state index contributed by atoms with van der Waals surface area (Å²) in [6, 6.07) is 18.2. The topological polar surface area (TPSA) is 62.1 Å². The molecule has 0 heterocycles. The summed E-state index contributed by atoms with van der Waals surface area (Å²) in [5.41, 5.74) is 1.47. The van der Waals surface area contributed by atoms with Crippen LogP contribution in [0.1, 0.15) is 11.1 Å². The molecule has 0 saturated carbocycles. The van der Waals surface area contributed by atoms with Crippen LogP contribution in [0.25, 0.3) is 6.08 Å². The Hall–Kier alpha value is -2.66. The molecule has 3 aromatic rings. The highest BCUT2D eigenvalue weighted by Gasteiger charge is 2.13. The quantitative estimate of drug-likeness (QED) is 0.256. The van der Waals surface area contributed by atoms with E-state index in [0.717, 1.165) is 0 Å². The summed E-state index contributed by atoms with van der Waals surface area (Å²) in [5.74, 6) is -0.416. The molecule has 0 spiro atoms. The lowest BCUT2D eigenvalue weighted by molar-refractivity contribution is -0.112. The van der Waals surface area contributed by atoms with Crippen LogP contribution < -0.4 is 10.1 Å². The Bertz CT molecular complexity index is 1170. The van der Waals surface area contributed by atoms with Crippen LogP contribution in [0.15, 0.2) is 75.2 Å². The predicted octanol–water partition coefficient (Wildman–Crippen LogP) is 7.13. The van der Waals surface area contributed by atoms with Crippen molar-refractivity contribution in [2.75, 3.05) is 5.32 Å². The van der Waals surface area contributed by atoms with E-state index in [4.69, 9.17) is 16.3 Å². The number of nitrogens with zero attached hydrogens (tertiary/aromatic N) is 1. The lowest BCUT2D eigenvalue weighted by Crippen LogP contribution is -2.13. The molecule has 0 aromatic heterocycles. The predicted molar refractivity (Wildman–Crippen MR) is 126 cm³/mol. The Morgan fingerprint density at radius 1 is 1.13 bits per heavy atom. The molecule has 0 atom stereocenters. The highest BCUT2D eigenvalue weighted by Crippen LogP contribution is 2.36. The number of halogens is 4. The number of hydrogen-bond acceptors (Lipinski definition) is 3. The first kappa shape index (κ1) is 23.0. The highest BCUT2D eigenvalue weighted by molar-refractivity contribution is 9.11. The molecule has 0 aliphatic carbocycles. The van der Waals surface area contributed by atoms with Crippen LogP contribution in [0.4, 0.5) is 10.1 Å². The van der Waals surface area contributed by atoms with Gasteiger partial charge in [0, 0.05) is 16.3 Å². The number of nitriles is 1. The van der Waals surface area contributed by atoms with Gasteiger partial charge in [0.1, 0.15) is 29.8 Å². The van der Waals surface area contributed by atoms with Crippen molar-refractivity contribution in [2.24, 2.45) is 0 Å². The first-order valence-corrected chi connectivity index (χ1v) is 10.9. The fourth-order valence-corrected chi connectivity index (χ4v) is 4.19. The molecule has 0 radical (unpaired) electrons. The van der Waals surface area contributed by atoms with Crippen LogP contribution in [-0.4, -0.2) is 5.91 Å². The molecule has 0 saturated heterocycles. The number of nitrogens with one attached hydrogen (secondary N) is 1. The van der Waals surface area contributed by atoms with Crippen molar-refractivity contribution in [3.05, 3.63) is 97.1 Å². The number of ether oxygens (including phenoxy) is 1. The summed E-state index contributed by atoms with van der Waals surface area (Å²) in [4.78, 5) is 12.4. The third kappa shape index (κ3) is 6.17. The molecule has 0 unspecified atom stereocenters. The number of carbonyl (C=O) groups is 1. The summed E-state index contributed by atoms with van der Waals surface area (Å²) in [6.45, 7) is 0.0476. The first-order valence-electron chi connectivity index (χ1n) is 8.91. The molecule has 0 bridgehead atoms. The maximum absolute atomic E-state index is 13.8. The van der Waals surface area contributed by atoms with Crippen LogP contribution in [-0.2, 0) is 11.4 Å². The first-order chi connectivity index (χ1) is 14.9. The lowest BCUT2D eigenvalue weighted by Gasteiger charge is -2.12. The van der Waals surface area contributed by atoms with Gasteiger partial charge in [-0.2, -0.15) is 5.26 Å². The second-order valence-corrected chi connectivity index (χ2v) is 8.47. The standard InChI is InChI=1S/C23H14Br2ClFN2O2/c24-19-10-14(9-16(12-28)23(30)29-18-7-5-17(26)6-8-18)11-20(25)22(19)31-13-15-3-1-2-4-21(15)27/h1-11H,13H2,(H,29,30)/b16-9-. The summed E-state index contributed by atoms with van der Waals surface area (Å²) >= 11 is 12.7. The lowest BCUT2D eigenvalue weighted by atomic mass is 10.1. The molecular formula is C23H14Br2ClFN2O2. The molecule has 0 aliphatic rings. The van der Waals surface area contributed by atoms with E-state index in [1.165, 1.54) is 12.1 Å². The van der Waals surface area contributed by atoms with E-state index in [9.17, 15) is 14.4 Å². The van der Waals surface area contributed by atoms with Gasteiger partial charge in [-0.3, -0.25) is 4.79 Å². The van der Waals surface area contributed by atoms with E-state index >= 15 is 0 Å². The monoisotopic (exact) mass is 562 g/mol. The van der Waals surface area contributed by atoms with E-state index in [1.54, 1.807) is 54.6 Å². The average Bonchev–Trinajstić information content (AvgIpc) is 2.74. The van der Waals surface area contributed by atoms with Gasteiger partial charge in [0.2, 0.25) is 0 Å². The number of carbonyl (C=O) groups excluding carboxylic acids is 1. The Kier molecular flexibility index (Phi) is 7.85. The SMILES string of the molecule is N#C/C(=C/c1cc(Br)c(OCc2ccccc2F)c(Br)c1)C(=O)Nc1ccc(Cl)cc1. The Morgan fingerprint density at radius 2 is 1.77 bits per heavy atom. The van der Waals surface area contributed by atoms with Crippen LogP contribution in [0.2, 0.25) is 5.02 Å². The summed E-state index contributed by atoms with van der Waals surface area (Å²) in [6.07, 6.45) is 1.46. The molecule has 31 heavy (non-hydrogen) atoms. The molecule has 4 nitrogen and oxygen atoms in total. The minimum Gasteiger partial charge on any atom is -0.486 e. The van der Waals surface area contributed by atoms with Gasteiger partial charge in [-0.1, -0.05) is 29.8 Å². The van der Waals surface area contributed by atoms with Gasteiger partial charge in [-0.05, 0) is 86.0 Å². The molecule has 3 aromatic carbocycles. The van der Waals surface area contributed by atoms with Crippen molar-refractivity contribution in [3.63, 3.8) is 0 Å². The smallest absolute Gasteiger partial charge is 0.266 e. The number of amides is 1. The molecule has 0 aliphatic heterocycles. The number of benzene rings is 3. The normalized spacial score (nSPS) is 11.0.